The van der Waals surface area contributed by atoms with Crippen LogP contribution in [0.2, 0.25) is 0 Å². The van der Waals surface area contributed by atoms with Crippen LogP contribution >= 0.6 is 0 Å². The standard InChI is InChI=1S/C15H25N3O/c1-2-3-9-17(14-6-7-14)10-4-11-18-12-13(16)5-8-15(18)19/h5,8,12,14H,2-4,6-7,9-11,16H2,1H3. The van der Waals surface area contributed by atoms with Crippen LogP contribution in [0.3, 0.4) is 0 Å². The minimum absolute atomic E-state index is 0.0423. The van der Waals surface area contributed by atoms with Crippen molar-refractivity contribution in [1.29, 1.82) is 0 Å². The van der Waals surface area contributed by atoms with E-state index >= 15 is 0 Å². The van der Waals surface area contributed by atoms with Gasteiger partial charge in [-0.2, -0.15) is 0 Å². The summed E-state index contributed by atoms with van der Waals surface area (Å²) < 4.78 is 1.72. The molecule has 0 unspecified atom stereocenters. The Morgan fingerprint density at radius 3 is 2.74 bits per heavy atom. The van der Waals surface area contributed by atoms with Crippen LogP contribution in [0.15, 0.2) is 23.1 Å². The van der Waals surface area contributed by atoms with E-state index in [0.717, 1.165) is 25.6 Å². The number of hydrogen-bond donors (Lipinski definition) is 1. The maximum atomic E-state index is 11.7. The third-order valence-electron chi connectivity index (χ3n) is 3.71. The number of nitrogens with zero attached hydrogens (tertiary/aromatic N) is 2. The Morgan fingerprint density at radius 1 is 1.32 bits per heavy atom. The number of aryl methyl sites for hydroxylation is 1. The fourth-order valence-corrected chi connectivity index (χ4v) is 2.45. The van der Waals surface area contributed by atoms with Gasteiger partial charge in [0.1, 0.15) is 0 Å². The minimum Gasteiger partial charge on any atom is -0.398 e. The first-order valence-electron chi connectivity index (χ1n) is 7.40. The van der Waals surface area contributed by atoms with Gasteiger partial charge < -0.3 is 15.2 Å². The summed E-state index contributed by atoms with van der Waals surface area (Å²) in [6, 6.07) is 4.02. The Morgan fingerprint density at radius 2 is 2.05 bits per heavy atom. The summed E-state index contributed by atoms with van der Waals surface area (Å²) in [6.07, 6.45) is 7.98. The molecule has 0 bridgehead atoms. The number of aromatic nitrogens is 1. The van der Waals surface area contributed by atoms with Crippen molar-refractivity contribution < 1.29 is 0 Å². The second kappa shape index (κ2) is 6.75. The van der Waals surface area contributed by atoms with Gasteiger partial charge in [-0.3, -0.25) is 4.79 Å². The molecule has 4 nitrogen and oxygen atoms in total. The summed E-state index contributed by atoms with van der Waals surface area (Å²) in [7, 11) is 0. The molecule has 0 amide bonds. The van der Waals surface area contributed by atoms with E-state index < -0.39 is 0 Å². The molecule has 1 fully saturated rings. The van der Waals surface area contributed by atoms with Crippen molar-refractivity contribution in [2.45, 2.75) is 51.6 Å². The van der Waals surface area contributed by atoms with Gasteiger partial charge in [-0.25, -0.2) is 0 Å². The molecule has 0 spiro atoms. The number of anilines is 1. The molecule has 1 aliphatic carbocycles. The predicted octanol–water partition coefficient (Wildman–Crippen LogP) is 2.09. The van der Waals surface area contributed by atoms with Gasteiger partial charge in [-0.1, -0.05) is 13.3 Å². The Balaban J connectivity index is 1.81. The van der Waals surface area contributed by atoms with Crippen LogP contribution in [0.4, 0.5) is 5.69 Å². The maximum Gasteiger partial charge on any atom is 0.250 e. The molecule has 0 radical (unpaired) electrons. The minimum atomic E-state index is 0.0423. The van der Waals surface area contributed by atoms with Crippen LogP contribution in [0.25, 0.3) is 0 Å². The van der Waals surface area contributed by atoms with Crippen LogP contribution in [0.1, 0.15) is 39.0 Å². The summed E-state index contributed by atoms with van der Waals surface area (Å²) in [6.45, 7) is 5.29. The summed E-state index contributed by atoms with van der Waals surface area (Å²) in [4.78, 5) is 14.2. The topological polar surface area (TPSA) is 51.3 Å². The highest BCUT2D eigenvalue weighted by Gasteiger charge is 2.27. The molecule has 1 saturated carbocycles. The zero-order chi connectivity index (χ0) is 13.7. The average molecular weight is 263 g/mol. The lowest BCUT2D eigenvalue weighted by atomic mass is 10.3. The van der Waals surface area contributed by atoms with E-state index in [-0.39, 0.29) is 5.56 Å². The average Bonchev–Trinajstić information content (AvgIpc) is 3.22. The third-order valence-corrected chi connectivity index (χ3v) is 3.71. The smallest absolute Gasteiger partial charge is 0.250 e. The first kappa shape index (κ1) is 14.1. The van der Waals surface area contributed by atoms with Crippen LogP contribution in [0, 0.1) is 0 Å². The Kier molecular flexibility index (Phi) is 5.02. The fourth-order valence-electron chi connectivity index (χ4n) is 2.45. The van der Waals surface area contributed by atoms with Crippen molar-refractivity contribution in [1.82, 2.24) is 9.47 Å². The van der Waals surface area contributed by atoms with Crippen molar-refractivity contribution in [3.8, 4) is 0 Å². The first-order chi connectivity index (χ1) is 9.20. The summed E-state index contributed by atoms with van der Waals surface area (Å²) in [5, 5.41) is 0. The van der Waals surface area contributed by atoms with Gasteiger partial charge in [0, 0.05) is 37.1 Å². The molecule has 2 N–H and O–H groups in total. The molecular formula is C15H25N3O. The van der Waals surface area contributed by atoms with E-state index in [1.807, 2.05) is 0 Å². The van der Waals surface area contributed by atoms with E-state index in [1.165, 1.54) is 32.2 Å². The molecule has 106 valence electrons. The van der Waals surface area contributed by atoms with Gasteiger partial charge in [0.2, 0.25) is 0 Å². The molecule has 1 aromatic heterocycles. The van der Waals surface area contributed by atoms with E-state index in [1.54, 1.807) is 22.9 Å². The van der Waals surface area contributed by atoms with E-state index in [2.05, 4.69) is 11.8 Å². The Labute approximate surface area is 115 Å². The molecule has 1 aliphatic rings. The maximum absolute atomic E-state index is 11.7. The molecule has 0 atom stereocenters. The molecule has 1 heterocycles. The van der Waals surface area contributed by atoms with Crippen LogP contribution < -0.4 is 11.3 Å². The van der Waals surface area contributed by atoms with Crippen molar-refractivity contribution in [3.63, 3.8) is 0 Å². The number of rotatable bonds is 8. The number of unbranched alkanes of at least 4 members (excludes halogenated alkanes) is 1. The van der Waals surface area contributed by atoms with E-state index in [9.17, 15) is 4.79 Å². The zero-order valence-corrected chi connectivity index (χ0v) is 11.8. The number of hydrogen-bond acceptors (Lipinski definition) is 3. The number of pyridine rings is 1. The van der Waals surface area contributed by atoms with Crippen LogP contribution in [-0.2, 0) is 6.54 Å². The highest BCUT2D eigenvalue weighted by molar-refractivity contribution is 5.33. The van der Waals surface area contributed by atoms with Crippen LogP contribution in [-0.4, -0.2) is 28.6 Å². The molecule has 4 heteroatoms. The van der Waals surface area contributed by atoms with Crippen molar-refractivity contribution >= 4 is 5.69 Å². The Hall–Kier alpha value is -1.29. The van der Waals surface area contributed by atoms with Crippen molar-refractivity contribution in [3.05, 3.63) is 28.7 Å². The fraction of sp³-hybridized carbons (Fsp3) is 0.667. The summed E-state index contributed by atoms with van der Waals surface area (Å²) >= 11 is 0. The Bertz CT molecular complexity index is 451. The molecule has 2 rings (SSSR count). The van der Waals surface area contributed by atoms with Gasteiger partial charge in [-0.05, 0) is 38.3 Å². The zero-order valence-electron chi connectivity index (χ0n) is 11.8. The molecule has 0 aliphatic heterocycles. The van der Waals surface area contributed by atoms with Crippen molar-refractivity contribution in [2.75, 3.05) is 18.8 Å². The first-order valence-corrected chi connectivity index (χ1v) is 7.40. The van der Waals surface area contributed by atoms with Gasteiger partial charge in [0.25, 0.3) is 5.56 Å². The lowest BCUT2D eigenvalue weighted by Crippen LogP contribution is -2.30. The highest BCUT2D eigenvalue weighted by Crippen LogP contribution is 2.27. The summed E-state index contributed by atoms with van der Waals surface area (Å²) in [5.74, 6) is 0. The molecule has 0 aromatic carbocycles. The molecular weight excluding hydrogens is 238 g/mol. The van der Waals surface area contributed by atoms with E-state index in [4.69, 9.17) is 5.73 Å². The number of nitrogens with two attached hydrogens (primary N) is 1. The largest absolute Gasteiger partial charge is 0.398 e. The monoisotopic (exact) mass is 263 g/mol. The second-order valence-electron chi connectivity index (χ2n) is 5.47. The van der Waals surface area contributed by atoms with E-state index in [0.29, 0.717) is 5.69 Å². The van der Waals surface area contributed by atoms with Gasteiger partial charge >= 0.3 is 0 Å². The number of nitrogen functional groups attached to an aromatic ring is 1. The lowest BCUT2D eigenvalue weighted by Gasteiger charge is -2.21. The normalized spacial score (nSPS) is 15.1. The predicted molar refractivity (Wildman–Crippen MR) is 79.2 cm³/mol. The van der Waals surface area contributed by atoms with Gasteiger partial charge in [-0.15, -0.1) is 0 Å². The highest BCUT2D eigenvalue weighted by atomic mass is 16.1. The van der Waals surface area contributed by atoms with Gasteiger partial charge in [0.05, 0.1) is 0 Å². The lowest BCUT2D eigenvalue weighted by molar-refractivity contribution is 0.251. The molecule has 1 aromatic rings. The van der Waals surface area contributed by atoms with Crippen molar-refractivity contribution in [2.24, 2.45) is 0 Å². The third kappa shape index (κ3) is 4.39. The van der Waals surface area contributed by atoms with Gasteiger partial charge in [0.15, 0.2) is 0 Å². The van der Waals surface area contributed by atoms with Crippen LogP contribution in [0.5, 0.6) is 0 Å². The molecule has 19 heavy (non-hydrogen) atoms. The molecule has 0 saturated heterocycles. The second-order valence-corrected chi connectivity index (χ2v) is 5.47. The summed E-state index contributed by atoms with van der Waals surface area (Å²) in [5.41, 5.74) is 6.41. The quantitative estimate of drug-likeness (QED) is 0.781. The SMILES string of the molecule is CCCCN(CCCn1cc(N)ccc1=O)C1CC1.